The molecule has 0 fully saturated rings. The maximum absolute atomic E-state index is 9.48. The molecule has 0 aliphatic carbocycles. The van der Waals surface area contributed by atoms with Crippen LogP contribution in [0.25, 0.3) is 0 Å². The van der Waals surface area contributed by atoms with E-state index < -0.39 is 5.92 Å². The number of benzene rings is 2. The number of hydrogen-bond donors (Lipinski definition) is 3. The van der Waals surface area contributed by atoms with Crippen molar-refractivity contribution in [3.63, 3.8) is 0 Å². The lowest BCUT2D eigenvalue weighted by atomic mass is 9.82. The van der Waals surface area contributed by atoms with Crippen molar-refractivity contribution in [2.45, 2.75) is 5.92 Å². The van der Waals surface area contributed by atoms with Crippen LogP contribution >= 0.6 is 0 Å². The third-order valence-electron chi connectivity index (χ3n) is 3.81. The van der Waals surface area contributed by atoms with E-state index in [2.05, 4.69) is 12.1 Å². The minimum Gasteiger partial charge on any atom is -0.438 e. The van der Waals surface area contributed by atoms with Gasteiger partial charge in [-0.05, 0) is 23.8 Å². The number of anilines is 2. The number of fused-ring (bicyclic) bond motifs is 1. The zero-order chi connectivity index (χ0) is 16.6. The molecule has 1 unspecified atom stereocenters. The Morgan fingerprint density at radius 3 is 2.48 bits per heavy atom. The van der Waals surface area contributed by atoms with E-state index in [1.807, 2.05) is 6.07 Å². The van der Waals surface area contributed by atoms with Gasteiger partial charge in [0.05, 0.1) is 28.9 Å². The first-order valence-corrected chi connectivity index (χ1v) is 6.82. The third kappa shape index (κ3) is 2.19. The van der Waals surface area contributed by atoms with E-state index >= 15 is 0 Å². The molecule has 1 aliphatic rings. The zero-order valence-electron chi connectivity index (χ0n) is 12.1. The number of hydrogen-bond acceptors (Lipinski definition) is 6. The monoisotopic (exact) mass is 303 g/mol. The molecule has 23 heavy (non-hydrogen) atoms. The van der Waals surface area contributed by atoms with E-state index in [4.69, 9.17) is 27.2 Å². The molecule has 1 atom stereocenters. The number of nitrogens with two attached hydrogens (primary N) is 3. The quantitative estimate of drug-likeness (QED) is 0.689. The van der Waals surface area contributed by atoms with Gasteiger partial charge in [0.1, 0.15) is 11.6 Å². The van der Waals surface area contributed by atoms with Gasteiger partial charge in [-0.3, -0.25) is 0 Å². The Morgan fingerprint density at radius 2 is 1.78 bits per heavy atom. The van der Waals surface area contributed by atoms with Crippen LogP contribution in [0, 0.1) is 22.7 Å². The third-order valence-corrected chi connectivity index (χ3v) is 3.81. The van der Waals surface area contributed by atoms with Crippen LogP contribution in [0.3, 0.4) is 0 Å². The number of allylic oxidation sites excluding steroid dienone is 1. The van der Waals surface area contributed by atoms with Crippen molar-refractivity contribution in [1.82, 2.24) is 0 Å². The van der Waals surface area contributed by atoms with Crippen LogP contribution < -0.4 is 21.9 Å². The van der Waals surface area contributed by atoms with Crippen LogP contribution in [0.15, 0.2) is 47.9 Å². The predicted octanol–water partition coefficient (Wildman–Crippen LogP) is 1.94. The first-order chi connectivity index (χ1) is 11.1. The first kappa shape index (κ1) is 14.3. The van der Waals surface area contributed by atoms with E-state index in [0.29, 0.717) is 22.6 Å². The van der Waals surface area contributed by atoms with E-state index in [1.54, 1.807) is 30.3 Å². The molecule has 6 nitrogen and oxygen atoms in total. The molecule has 6 heteroatoms. The summed E-state index contributed by atoms with van der Waals surface area (Å²) in [6, 6.07) is 14.6. The lowest BCUT2D eigenvalue weighted by Gasteiger charge is -2.27. The van der Waals surface area contributed by atoms with Crippen molar-refractivity contribution < 1.29 is 4.74 Å². The van der Waals surface area contributed by atoms with Crippen molar-refractivity contribution >= 4 is 11.4 Å². The highest BCUT2D eigenvalue weighted by Gasteiger charge is 2.32. The minimum atomic E-state index is -0.458. The highest BCUT2D eigenvalue weighted by Crippen LogP contribution is 2.46. The van der Waals surface area contributed by atoms with Crippen LogP contribution in [0.5, 0.6) is 5.75 Å². The van der Waals surface area contributed by atoms with Crippen LogP contribution in [-0.4, -0.2) is 0 Å². The molecule has 0 aromatic heterocycles. The Hall–Kier alpha value is -3.64. The summed E-state index contributed by atoms with van der Waals surface area (Å²) in [5.74, 6) is -0.113. The Morgan fingerprint density at radius 1 is 1.00 bits per heavy atom. The van der Waals surface area contributed by atoms with E-state index in [0.717, 1.165) is 5.56 Å². The van der Waals surface area contributed by atoms with Gasteiger partial charge in [0, 0.05) is 5.56 Å². The molecular formula is C17H13N5O. The topological polar surface area (TPSA) is 135 Å². The van der Waals surface area contributed by atoms with Gasteiger partial charge in [-0.1, -0.05) is 18.2 Å². The molecule has 112 valence electrons. The summed E-state index contributed by atoms with van der Waals surface area (Å²) < 4.78 is 5.52. The molecular weight excluding hydrogens is 290 g/mol. The summed E-state index contributed by atoms with van der Waals surface area (Å²) in [4.78, 5) is 0. The normalized spacial score (nSPS) is 16.0. The van der Waals surface area contributed by atoms with Gasteiger partial charge < -0.3 is 21.9 Å². The van der Waals surface area contributed by atoms with E-state index in [-0.39, 0.29) is 17.1 Å². The van der Waals surface area contributed by atoms with E-state index in [1.165, 1.54) is 0 Å². The molecule has 0 radical (unpaired) electrons. The Kier molecular flexibility index (Phi) is 3.29. The maximum Gasteiger partial charge on any atom is 0.205 e. The molecule has 0 bridgehead atoms. The van der Waals surface area contributed by atoms with Gasteiger partial charge in [0.2, 0.25) is 5.88 Å². The average Bonchev–Trinajstić information content (AvgIpc) is 2.57. The fourth-order valence-corrected chi connectivity index (χ4v) is 2.69. The number of rotatable bonds is 1. The van der Waals surface area contributed by atoms with Crippen molar-refractivity contribution in [2.24, 2.45) is 5.73 Å². The van der Waals surface area contributed by atoms with Gasteiger partial charge in [0.15, 0.2) is 5.75 Å². The summed E-state index contributed by atoms with van der Waals surface area (Å²) in [5.41, 5.74) is 20.6. The summed E-state index contributed by atoms with van der Waals surface area (Å²) in [6.45, 7) is 0. The van der Waals surface area contributed by atoms with Crippen LogP contribution in [0.1, 0.15) is 22.6 Å². The van der Waals surface area contributed by atoms with E-state index in [9.17, 15) is 5.26 Å². The summed E-state index contributed by atoms with van der Waals surface area (Å²) in [6.07, 6.45) is 0. The van der Waals surface area contributed by atoms with Gasteiger partial charge in [-0.15, -0.1) is 0 Å². The highest BCUT2D eigenvalue weighted by atomic mass is 16.5. The molecule has 1 heterocycles. The largest absolute Gasteiger partial charge is 0.438 e. The van der Waals surface area contributed by atoms with Crippen LogP contribution in [0.4, 0.5) is 11.4 Å². The zero-order valence-corrected chi connectivity index (χ0v) is 12.1. The summed E-state index contributed by atoms with van der Waals surface area (Å²) in [7, 11) is 0. The molecule has 0 saturated carbocycles. The van der Waals surface area contributed by atoms with Crippen LogP contribution in [0.2, 0.25) is 0 Å². The second-order valence-corrected chi connectivity index (χ2v) is 5.15. The summed E-state index contributed by atoms with van der Waals surface area (Å²) >= 11 is 0. The first-order valence-electron chi connectivity index (χ1n) is 6.82. The molecule has 2 aromatic rings. The number of nitriles is 2. The fourth-order valence-electron chi connectivity index (χ4n) is 2.69. The minimum absolute atomic E-state index is 0.00957. The predicted molar refractivity (Wildman–Crippen MR) is 85.7 cm³/mol. The second-order valence-electron chi connectivity index (χ2n) is 5.15. The van der Waals surface area contributed by atoms with Crippen molar-refractivity contribution in [1.29, 1.82) is 10.5 Å². The van der Waals surface area contributed by atoms with Crippen molar-refractivity contribution in [2.75, 3.05) is 11.5 Å². The van der Waals surface area contributed by atoms with Gasteiger partial charge in [-0.2, -0.15) is 10.5 Å². The maximum atomic E-state index is 9.48. The molecule has 6 N–H and O–H groups in total. The Bertz CT molecular complexity index is 918. The summed E-state index contributed by atoms with van der Waals surface area (Å²) in [5, 5.41) is 18.6. The standard InChI is InChI=1S/C17H13N5O/c18-7-9-2-1-3-10(6-9)14-11-4-5-13(20)15(21)16(11)23-17(22)12(14)8-19/h1-6,14H,20-22H2. The Balaban J connectivity index is 2.28. The van der Waals surface area contributed by atoms with Gasteiger partial charge >= 0.3 is 0 Å². The number of nitrogen functional groups attached to an aromatic ring is 2. The van der Waals surface area contributed by atoms with Gasteiger partial charge in [-0.25, -0.2) is 0 Å². The number of nitrogens with zero attached hydrogens (tertiary/aromatic N) is 2. The fraction of sp³-hybridized carbons (Fsp3) is 0.0588. The SMILES string of the molecule is N#CC1=C(N)Oc2c(ccc(N)c2N)C1c1cccc(C#N)c1. The molecule has 0 amide bonds. The highest BCUT2D eigenvalue weighted by molar-refractivity contribution is 5.76. The number of ether oxygens (including phenoxy) is 1. The molecule has 3 rings (SSSR count). The van der Waals surface area contributed by atoms with Crippen LogP contribution in [-0.2, 0) is 0 Å². The van der Waals surface area contributed by atoms with Gasteiger partial charge in [0.25, 0.3) is 0 Å². The second kappa shape index (κ2) is 5.28. The molecule has 0 saturated heterocycles. The lowest BCUT2D eigenvalue weighted by molar-refractivity contribution is 0.396. The van der Waals surface area contributed by atoms with Crippen molar-refractivity contribution in [3.05, 3.63) is 64.5 Å². The average molecular weight is 303 g/mol. The molecule has 0 spiro atoms. The Labute approximate surface area is 133 Å². The lowest BCUT2D eigenvalue weighted by Crippen LogP contribution is -2.22. The van der Waals surface area contributed by atoms with Crippen molar-refractivity contribution in [3.8, 4) is 17.9 Å². The molecule has 2 aromatic carbocycles. The molecule has 1 aliphatic heterocycles. The smallest absolute Gasteiger partial charge is 0.205 e.